The van der Waals surface area contributed by atoms with Crippen LogP contribution in [0, 0.1) is 11.3 Å². The van der Waals surface area contributed by atoms with Crippen LogP contribution in [0.25, 0.3) is 0 Å². The average molecular weight is 240 g/mol. The Labute approximate surface area is 108 Å². The molecule has 0 bridgehead atoms. The molecule has 1 rings (SSSR count). The first-order valence-electron chi connectivity index (χ1n) is 7.27. The molecule has 0 spiro atoms. The Hall–Kier alpha value is -0.0800. The number of piperidine rings is 1. The molecular formula is C15H32N2. The van der Waals surface area contributed by atoms with E-state index in [1.807, 2.05) is 0 Å². The van der Waals surface area contributed by atoms with Gasteiger partial charge in [0.2, 0.25) is 0 Å². The van der Waals surface area contributed by atoms with E-state index in [0.717, 1.165) is 12.0 Å². The molecule has 1 unspecified atom stereocenters. The predicted molar refractivity (Wildman–Crippen MR) is 76.4 cm³/mol. The summed E-state index contributed by atoms with van der Waals surface area (Å²) in [6.07, 6.45) is 2.63. The second kappa shape index (κ2) is 6.19. The topological polar surface area (TPSA) is 15.3 Å². The Balaban J connectivity index is 2.28. The summed E-state index contributed by atoms with van der Waals surface area (Å²) < 4.78 is 0. The highest BCUT2D eigenvalue weighted by molar-refractivity contribution is 4.84. The molecule has 0 amide bonds. The van der Waals surface area contributed by atoms with Gasteiger partial charge in [0, 0.05) is 18.6 Å². The minimum atomic E-state index is 0.370. The maximum Gasteiger partial charge on any atom is 0.00941 e. The van der Waals surface area contributed by atoms with Gasteiger partial charge in [0.15, 0.2) is 0 Å². The molecule has 1 fully saturated rings. The third-order valence-corrected chi connectivity index (χ3v) is 4.00. The summed E-state index contributed by atoms with van der Waals surface area (Å²) >= 11 is 0. The molecule has 2 heteroatoms. The van der Waals surface area contributed by atoms with Crippen LogP contribution in [0.2, 0.25) is 0 Å². The van der Waals surface area contributed by atoms with E-state index in [0.29, 0.717) is 11.5 Å². The van der Waals surface area contributed by atoms with E-state index in [1.54, 1.807) is 0 Å². The summed E-state index contributed by atoms with van der Waals surface area (Å²) in [5.41, 5.74) is 0.370. The summed E-state index contributed by atoms with van der Waals surface area (Å²) in [5, 5.41) is 3.81. The molecular weight excluding hydrogens is 208 g/mol. The first-order valence-corrected chi connectivity index (χ1v) is 7.27. The fourth-order valence-electron chi connectivity index (χ4n) is 2.40. The largest absolute Gasteiger partial charge is 0.311 e. The quantitative estimate of drug-likeness (QED) is 0.812. The first-order chi connectivity index (χ1) is 7.79. The van der Waals surface area contributed by atoms with Crippen LogP contribution in [0.4, 0.5) is 0 Å². The van der Waals surface area contributed by atoms with Crippen LogP contribution in [0.5, 0.6) is 0 Å². The monoisotopic (exact) mass is 240 g/mol. The summed E-state index contributed by atoms with van der Waals surface area (Å²) in [5.74, 6) is 0.799. The standard InChI is InChI=1S/C15H32N2/c1-12(2)11-17-9-7-14(8-10-17)16-13(3)15(4,5)6/h12-14,16H,7-11H2,1-6H3. The second-order valence-corrected chi connectivity index (χ2v) is 7.22. The number of hydrogen-bond donors (Lipinski definition) is 1. The van der Waals surface area contributed by atoms with Gasteiger partial charge in [0.1, 0.15) is 0 Å². The van der Waals surface area contributed by atoms with Crippen molar-refractivity contribution < 1.29 is 0 Å². The van der Waals surface area contributed by atoms with Crippen LogP contribution in [0.3, 0.4) is 0 Å². The zero-order valence-corrected chi connectivity index (χ0v) is 12.7. The van der Waals surface area contributed by atoms with Crippen molar-refractivity contribution in [3.63, 3.8) is 0 Å². The maximum absolute atomic E-state index is 3.81. The third kappa shape index (κ3) is 5.39. The van der Waals surface area contributed by atoms with Crippen LogP contribution in [-0.4, -0.2) is 36.6 Å². The van der Waals surface area contributed by atoms with E-state index < -0.39 is 0 Å². The van der Waals surface area contributed by atoms with E-state index in [1.165, 1.54) is 32.5 Å². The van der Waals surface area contributed by atoms with Gasteiger partial charge < -0.3 is 10.2 Å². The Morgan fingerprint density at radius 3 is 2.06 bits per heavy atom. The fraction of sp³-hybridized carbons (Fsp3) is 1.00. The molecule has 0 saturated carbocycles. The van der Waals surface area contributed by atoms with E-state index >= 15 is 0 Å². The number of nitrogens with zero attached hydrogens (tertiary/aromatic N) is 1. The summed E-state index contributed by atoms with van der Waals surface area (Å²) in [7, 11) is 0. The second-order valence-electron chi connectivity index (χ2n) is 7.22. The lowest BCUT2D eigenvalue weighted by molar-refractivity contribution is 0.159. The zero-order valence-electron chi connectivity index (χ0n) is 12.7. The molecule has 2 nitrogen and oxygen atoms in total. The van der Waals surface area contributed by atoms with Crippen molar-refractivity contribution in [2.24, 2.45) is 11.3 Å². The van der Waals surface area contributed by atoms with Gasteiger partial charge in [-0.2, -0.15) is 0 Å². The Morgan fingerprint density at radius 2 is 1.65 bits per heavy atom. The average Bonchev–Trinajstić information content (AvgIpc) is 2.18. The predicted octanol–water partition coefficient (Wildman–Crippen LogP) is 3.13. The van der Waals surface area contributed by atoms with Crippen molar-refractivity contribution in [1.29, 1.82) is 0 Å². The lowest BCUT2D eigenvalue weighted by atomic mass is 9.87. The highest BCUT2D eigenvalue weighted by atomic mass is 15.1. The number of likely N-dealkylation sites (tertiary alicyclic amines) is 1. The number of nitrogens with one attached hydrogen (secondary N) is 1. The molecule has 0 radical (unpaired) electrons. The smallest absolute Gasteiger partial charge is 0.00941 e. The molecule has 1 aliphatic rings. The van der Waals surface area contributed by atoms with Gasteiger partial charge in [-0.3, -0.25) is 0 Å². The minimum absolute atomic E-state index is 0.370. The molecule has 1 heterocycles. The van der Waals surface area contributed by atoms with Crippen molar-refractivity contribution in [3.05, 3.63) is 0 Å². The van der Waals surface area contributed by atoms with E-state index in [9.17, 15) is 0 Å². The molecule has 0 aliphatic carbocycles. The fourth-order valence-corrected chi connectivity index (χ4v) is 2.40. The Bertz CT molecular complexity index is 209. The van der Waals surface area contributed by atoms with Gasteiger partial charge in [-0.25, -0.2) is 0 Å². The molecule has 1 atom stereocenters. The Kier molecular flexibility index (Phi) is 5.46. The normalized spacial score (nSPS) is 22.1. The van der Waals surface area contributed by atoms with E-state index in [4.69, 9.17) is 0 Å². The SMILES string of the molecule is CC(C)CN1CCC(NC(C)C(C)(C)C)CC1. The first kappa shape index (κ1) is 15.0. The van der Waals surface area contributed by atoms with Gasteiger partial charge in [-0.05, 0) is 44.2 Å². The van der Waals surface area contributed by atoms with Crippen molar-refractivity contribution in [2.75, 3.05) is 19.6 Å². The van der Waals surface area contributed by atoms with Crippen LogP contribution < -0.4 is 5.32 Å². The van der Waals surface area contributed by atoms with Gasteiger partial charge in [-0.1, -0.05) is 34.6 Å². The van der Waals surface area contributed by atoms with Gasteiger partial charge >= 0.3 is 0 Å². The van der Waals surface area contributed by atoms with Gasteiger partial charge in [0.05, 0.1) is 0 Å². The molecule has 1 aliphatic heterocycles. The van der Waals surface area contributed by atoms with Crippen molar-refractivity contribution >= 4 is 0 Å². The van der Waals surface area contributed by atoms with E-state index in [2.05, 4.69) is 51.8 Å². The molecule has 102 valence electrons. The van der Waals surface area contributed by atoms with Crippen molar-refractivity contribution in [3.8, 4) is 0 Å². The Morgan fingerprint density at radius 1 is 1.12 bits per heavy atom. The summed E-state index contributed by atoms with van der Waals surface area (Å²) in [6, 6.07) is 1.33. The summed E-state index contributed by atoms with van der Waals surface area (Å²) in [4.78, 5) is 2.62. The maximum atomic E-state index is 3.81. The molecule has 0 aromatic carbocycles. The van der Waals surface area contributed by atoms with Crippen molar-refractivity contribution in [1.82, 2.24) is 10.2 Å². The molecule has 17 heavy (non-hydrogen) atoms. The highest BCUT2D eigenvalue weighted by Gasteiger charge is 2.25. The molecule has 0 aromatic heterocycles. The van der Waals surface area contributed by atoms with Crippen molar-refractivity contribution in [2.45, 2.75) is 66.5 Å². The molecule has 1 saturated heterocycles. The number of hydrogen-bond acceptors (Lipinski definition) is 2. The molecule has 1 N–H and O–H groups in total. The zero-order chi connectivity index (χ0) is 13.1. The van der Waals surface area contributed by atoms with Crippen LogP contribution in [0.15, 0.2) is 0 Å². The molecule has 0 aromatic rings. The highest BCUT2D eigenvalue weighted by Crippen LogP contribution is 2.21. The minimum Gasteiger partial charge on any atom is -0.311 e. The van der Waals surface area contributed by atoms with E-state index in [-0.39, 0.29) is 0 Å². The summed E-state index contributed by atoms with van der Waals surface area (Å²) in [6.45, 7) is 17.7. The van der Waals surface area contributed by atoms with Gasteiger partial charge in [0.25, 0.3) is 0 Å². The van der Waals surface area contributed by atoms with Gasteiger partial charge in [-0.15, -0.1) is 0 Å². The van der Waals surface area contributed by atoms with Crippen LogP contribution >= 0.6 is 0 Å². The van der Waals surface area contributed by atoms with Crippen LogP contribution in [0.1, 0.15) is 54.4 Å². The lowest BCUT2D eigenvalue weighted by Gasteiger charge is -2.37. The number of rotatable bonds is 4. The lowest BCUT2D eigenvalue weighted by Crippen LogP contribution is -2.49. The van der Waals surface area contributed by atoms with Crippen LogP contribution in [-0.2, 0) is 0 Å². The third-order valence-electron chi connectivity index (χ3n) is 4.00.